The van der Waals surface area contributed by atoms with Crippen molar-refractivity contribution in [2.24, 2.45) is 5.73 Å². The zero-order chi connectivity index (χ0) is 13.1. The lowest BCUT2D eigenvalue weighted by molar-refractivity contribution is -0.137. The maximum atomic E-state index is 10.5. The highest BCUT2D eigenvalue weighted by Gasteiger charge is 2.21. The molecule has 0 bridgehead atoms. The Morgan fingerprint density at radius 1 is 1.59 bits per heavy atom. The molecule has 3 N–H and O–H groups in total. The van der Waals surface area contributed by atoms with Gasteiger partial charge in [-0.2, -0.15) is 16.7 Å². The van der Waals surface area contributed by atoms with Gasteiger partial charge in [0.25, 0.3) is 0 Å². The summed E-state index contributed by atoms with van der Waals surface area (Å²) in [6, 6.07) is -0.853. The number of aliphatic carboxylic acids is 1. The van der Waals surface area contributed by atoms with Gasteiger partial charge in [0.1, 0.15) is 6.04 Å². The van der Waals surface area contributed by atoms with E-state index in [1.54, 1.807) is 0 Å². The van der Waals surface area contributed by atoms with Crippen LogP contribution in [0.5, 0.6) is 0 Å². The predicted molar refractivity (Wildman–Crippen MR) is 64.8 cm³/mol. The minimum Gasteiger partial charge on any atom is -0.480 e. The SMILES string of the molecule is CC(C)(C)c1nc(CSCC(N)C(=O)O)no1. The van der Waals surface area contributed by atoms with E-state index in [0.29, 0.717) is 23.2 Å². The van der Waals surface area contributed by atoms with Crippen molar-refractivity contribution in [3.05, 3.63) is 11.7 Å². The molecular weight excluding hydrogens is 242 g/mol. The molecule has 0 aliphatic rings. The van der Waals surface area contributed by atoms with Crippen LogP contribution in [0.2, 0.25) is 0 Å². The number of hydrogen-bond donors (Lipinski definition) is 2. The summed E-state index contributed by atoms with van der Waals surface area (Å²) in [6.07, 6.45) is 0. The first-order valence-electron chi connectivity index (χ1n) is 5.20. The fourth-order valence-electron chi connectivity index (χ4n) is 0.966. The van der Waals surface area contributed by atoms with Gasteiger partial charge in [0, 0.05) is 11.2 Å². The second-order valence-corrected chi connectivity index (χ2v) is 5.76. The molecule has 0 amide bonds. The smallest absolute Gasteiger partial charge is 0.321 e. The van der Waals surface area contributed by atoms with Crippen LogP contribution in [0.4, 0.5) is 0 Å². The molecule has 1 atom stereocenters. The molecule has 0 saturated carbocycles. The van der Waals surface area contributed by atoms with Crippen LogP contribution < -0.4 is 5.73 Å². The minimum absolute atomic E-state index is 0.173. The lowest BCUT2D eigenvalue weighted by atomic mass is 9.97. The van der Waals surface area contributed by atoms with Gasteiger partial charge in [0.05, 0.1) is 5.75 Å². The summed E-state index contributed by atoms with van der Waals surface area (Å²) in [5, 5.41) is 12.4. The topological polar surface area (TPSA) is 102 Å². The van der Waals surface area contributed by atoms with E-state index in [1.807, 2.05) is 20.8 Å². The van der Waals surface area contributed by atoms with Crippen molar-refractivity contribution < 1.29 is 14.4 Å². The average Bonchev–Trinajstić information content (AvgIpc) is 2.65. The number of carboxylic acid groups (broad SMARTS) is 1. The summed E-state index contributed by atoms with van der Waals surface area (Å²) in [4.78, 5) is 14.7. The Kier molecular flexibility index (Phi) is 4.53. The fraction of sp³-hybridized carbons (Fsp3) is 0.700. The third-order valence-electron chi connectivity index (χ3n) is 1.96. The lowest BCUT2D eigenvalue weighted by Crippen LogP contribution is -2.32. The Morgan fingerprint density at radius 2 is 2.24 bits per heavy atom. The third kappa shape index (κ3) is 4.35. The van der Waals surface area contributed by atoms with Crippen molar-refractivity contribution in [2.75, 3.05) is 5.75 Å². The van der Waals surface area contributed by atoms with Crippen molar-refractivity contribution in [3.63, 3.8) is 0 Å². The van der Waals surface area contributed by atoms with Crippen LogP contribution in [0.15, 0.2) is 4.52 Å². The van der Waals surface area contributed by atoms with Gasteiger partial charge in [-0.25, -0.2) is 0 Å². The van der Waals surface area contributed by atoms with Gasteiger partial charge in [-0.05, 0) is 0 Å². The molecule has 6 nitrogen and oxygen atoms in total. The average molecular weight is 259 g/mol. The summed E-state index contributed by atoms with van der Waals surface area (Å²) >= 11 is 1.38. The largest absolute Gasteiger partial charge is 0.480 e. The van der Waals surface area contributed by atoms with Crippen molar-refractivity contribution in [3.8, 4) is 0 Å². The second kappa shape index (κ2) is 5.50. The maximum Gasteiger partial charge on any atom is 0.321 e. The number of carbonyl (C=O) groups is 1. The van der Waals surface area contributed by atoms with Gasteiger partial charge in [0.2, 0.25) is 5.89 Å². The van der Waals surface area contributed by atoms with Crippen LogP contribution in [0, 0.1) is 0 Å². The van der Waals surface area contributed by atoms with E-state index in [4.69, 9.17) is 15.4 Å². The summed E-state index contributed by atoms with van der Waals surface area (Å²) in [5.41, 5.74) is 5.20. The van der Waals surface area contributed by atoms with Crippen LogP contribution >= 0.6 is 11.8 Å². The first-order valence-corrected chi connectivity index (χ1v) is 6.35. The molecule has 1 unspecified atom stereocenters. The number of carboxylic acids is 1. The summed E-state index contributed by atoms with van der Waals surface area (Å²) in [6.45, 7) is 5.95. The Hall–Kier alpha value is -1.08. The Labute approximate surface area is 104 Å². The molecule has 1 aromatic heterocycles. The molecule has 0 spiro atoms. The summed E-state index contributed by atoms with van der Waals surface area (Å²) in [5.74, 6) is 0.976. The highest BCUT2D eigenvalue weighted by atomic mass is 32.2. The third-order valence-corrected chi connectivity index (χ3v) is 3.01. The number of nitrogens with two attached hydrogens (primary N) is 1. The number of hydrogen-bond acceptors (Lipinski definition) is 6. The number of thioether (sulfide) groups is 1. The maximum absolute atomic E-state index is 10.5. The first-order chi connectivity index (χ1) is 7.80. The zero-order valence-corrected chi connectivity index (χ0v) is 11.0. The Balaban J connectivity index is 2.43. The molecule has 0 fully saturated rings. The van der Waals surface area contributed by atoms with Crippen molar-refractivity contribution in [1.29, 1.82) is 0 Å². The van der Waals surface area contributed by atoms with Crippen LogP contribution in [-0.4, -0.2) is 33.0 Å². The highest BCUT2D eigenvalue weighted by Crippen LogP contribution is 2.21. The van der Waals surface area contributed by atoms with Gasteiger partial charge in [-0.15, -0.1) is 0 Å². The summed E-state index contributed by atoms with van der Waals surface area (Å²) in [7, 11) is 0. The normalized spacial score (nSPS) is 13.6. The van der Waals surface area contributed by atoms with Gasteiger partial charge >= 0.3 is 5.97 Å². The van der Waals surface area contributed by atoms with Crippen LogP contribution in [0.25, 0.3) is 0 Å². The number of nitrogens with zero attached hydrogens (tertiary/aromatic N) is 2. The van der Waals surface area contributed by atoms with Gasteiger partial charge < -0.3 is 15.4 Å². The number of rotatable bonds is 5. The molecule has 17 heavy (non-hydrogen) atoms. The van der Waals surface area contributed by atoms with Crippen molar-refractivity contribution in [2.45, 2.75) is 38.0 Å². The molecule has 1 aromatic rings. The molecular formula is C10H17N3O3S. The van der Waals surface area contributed by atoms with Gasteiger partial charge in [-0.1, -0.05) is 25.9 Å². The molecule has 7 heteroatoms. The standard InChI is InChI=1S/C10H17N3O3S/c1-10(2,3)9-12-7(13-16-9)5-17-4-6(11)8(14)15/h6H,4-5,11H2,1-3H3,(H,14,15). The molecule has 1 heterocycles. The van der Waals surface area contributed by atoms with E-state index in [9.17, 15) is 4.79 Å². The molecule has 0 aromatic carbocycles. The quantitative estimate of drug-likeness (QED) is 0.813. The van der Waals surface area contributed by atoms with Crippen molar-refractivity contribution in [1.82, 2.24) is 10.1 Å². The van der Waals surface area contributed by atoms with Crippen LogP contribution in [-0.2, 0) is 16.0 Å². The van der Waals surface area contributed by atoms with Crippen molar-refractivity contribution >= 4 is 17.7 Å². The van der Waals surface area contributed by atoms with Crippen LogP contribution in [0.1, 0.15) is 32.5 Å². The molecule has 96 valence electrons. The first kappa shape index (κ1) is 14.0. The monoisotopic (exact) mass is 259 g/mol. The Morgan fingerprint density at radius 3 is 2.71 bits per heavy atom. The van der Waals surface area contributed by atoms with Gasteiger partial charge in [-0.3, -0.25) is 4.79 Å². The van der Waals surface area contributed by atoms with E-state index < -0.39 is 12.0 Å². The molecule has 0 radical (unpaired) electrons. The minimum atomic E-state index is -0.999. The Bertz CT molecular complexity index is 386. The molecule has 0 aliphatic heterocycles. The van der Waals surface area contributed by atoms with E-state index in [-0.39, 0.29) is 5.41 Å². The van der Waals surface area contributed by atoms with E-state index in [0.717, 1.165) is 0 Å². The number of aromatic nitrogens is 2. The molecule has 0 aliphatic carbocycles. The molecule has 0 saturated heterocycles. The second-order valence-electron chi connectivity index (χ2n) is 4.73. The zero-order valence-electron chi connectivity index (χ0n) is 10.1. The molecule has 1 rings (SSSR count). The van der Waals surface area contributed by atoms with Gasteiger partial charge in [0.15, 0.2) is 5.82 Å². The summed E-state index contributed by atoms with van der Waals surface area (Å²) < 4.78 is 5.11. The fourth-order valence-corrected chi connectivity index (χ4v) is 1.78. The van der Waals surface area contributed by atoms with Crippen LogP contribution in [0.3, 0.4) is 0 Å². The predicted octanol–water partition coefficient (Wildman–Crippen LogP) is 1.01. The van der Waals surface area contributed by atoms with E-state index in [1.165, 1.54) is 11.8 Å². The van der Waals surface area contributed by atoms with E-state index >= 15 is 0 Å². The van der Waals surface area contributed by atoms with E-state index in [2.05, 4.69) is 10.1 Å². The lowest BCUT2D eigenvalue weighted by Gasteiger charge is -2.10. The highest BCUT2D eigenvalue weighted by molar-refractivity contribution is 7.98.